The quantitative estimate of drug-likeness (QED) is 0.901. The molecule has 3 nitrogen and oxygen atoms in total. The van der Waals surface area contributed by atoms with Crippen LogP contribution in [0.2, 0.25) is 0 Å². The Labute approximate surface area is 117 Å². The van der Waals surface area contributed by atoms with Gasteiger partial charge >= 0.3 is 6.03 Å². The molecule has 0 aromatic heterocycles. The number of urea groups is 1. The minimum atomic E-state index is -0.341. The molecule has 2 amide bonds. The van der Waals surface area contributed by atoms with Gasteiger partial charge in [0.2, 0.25) is 0 Å². The van der Waals surface area contributed by atoms with Crippen molar-refractivity contribution in [3.8, 4) is 0 Å². The molecule has 1 aromatic rings. The van der Waals surface area contributed by atoms with E-state index in [1.807, 2.05) is 16.7 Å². The zero-order valence-electron chi connectivity index (χ0n) is 11.2. The molecule has 1 N–H and O–H groups in total. The Kier molecular flexibility index (Phi) is 4.69. The summed E-state index contributed by atoms with van der Waals surface area (Å²) >= 11 is 1.92. The fourth-order valence-corrected chi connectivity index (χ4v) is 3.33. The van der Waals surface area contributed by atoms with Crippen molar-refractivity contribution >= 4 is 23.5 Å². The topological polar surface area (TPSA) is 32.3 Å². The first-order chi connectivity index (χ1) is 9.06. The van der Waals surface area contributed by atoms with Crippen molar-refractivity contribution in [3.05, 3.63) is 30.1 Å². The van der Waals surface area contributed by atoms with Crippen molar-refractivity contribution in [1.29, 1.82) is 0 Å². The summed E-state index contributed by atoms with van der Waals surface area (Å²) in [4.78, 5) is 13.9. The van der Waals surface area contributed by atoms with Crippen molar-refractivity contribution in [2.45, 2.75) is 19.1 Å². The number of amides is 2. The van der Waals surface area contributed by atoms with Crippen LogP contribution in [0.1, 0.15) is 13.8 Å². The summed E-state index contributed by atoms with van der Waals surface area (Å²) in [6.45, 7) is 5.84. The van der Waals surface area contributed by atoms with Gasteiger partial charge in [0.1, 0.15) is 5.82 Å². The second kappa shape index (κ2) is 6.28. The lowest BCUT2D eigenvalue weighted by atomic mass is 10.1. The van der Waals surface area contributed by atoms with E-state index in [0.717, 1.165) is 18.8 Å². The highest BCUT2D eigenvalue weighted by molar-refractivity contribution is 8.00. The molecule has 5 heteroatoms. The van der Waals surface area contributed by atoms with E-state index in [-0.39, 0.29) is 11.8 Å². The second-order valence-corrected chi connectivity index (χ2v) is 6.39. The molecule has 0 saturated carbocycles. The summed E-state index contributed by atoms with van der Waals surface area (Å²) < 4.78 is 13.1. The van der Waals surface area contributed by atoms with E-state index in [1.54, 1.807) is 12.1 Å². The third-order valence-electron chi connectivity index (χ3n) is 3.20. The van der Waals surface area contributed by atoms with Crippen molar-refractivity contribution in [1.82, 2.24) is 4.90 Å². The number of carbonyl (C=O) groups excluding carboxylic acids is 1. The summed E-state index contributed by atoms with van der Waals surface area (Å²) in [6, 6.07) is 5.84. The van der Waals surface area contributed by atoms with Gasteiger partial charge in [-0.2, -0.15) is 11.8 Å². The molecule has 1 aromatic carbocycles. The molecule has 0 spiro atoms. The van der Waals surface area contributed by atoms with Crippen LogP contribution < -0.4 is 5.32 Å². The third-order valence-corrected chi connectivity index (χ3v) is 4.74. The summed E-state index contributed by atoms with van der Waals surface area (Å²) in [7, 11) is 0. The van der Waals surface area contributed by atoms with E-state index >= 15 is 0 Å². The van der Waals surface area contributed by atoms with Gasteiger partial charge in [-0.15, -0.1) is 0 Å². The number of thioether (sulfide) groups is 1. The van der Waals surface area contributed by atoms with Crippen LogP contribution in [-0.2, 0) is 0 Å². The minimum Gasteiger partial charge on any atom is -0.323 e. The van der Waals surface area contributed by atoms with Gasteiger partial charge < -0.3 is 10.2 Å². The Bertz CT molecular complexity index is 453. The Morgan fingerprint density at radius 3 is 3.00 bits per heavy atom. The van der Waals surface area contributed by atoms with Crippen molar-refractivity contribution in [2.24, 2.45) is 5.92 Å². The number of carbonyl (C=O) groups is 1. The third kappa shape index (κ3) is 3.86. The maximum Gasteiger partial charge on any atom is 0.321 e. The van der Waals surface area contributed by atoms with Crippen LogP contribution in [0.4, 0.5) is 14.9 Å². The number of anilines is 1. The normalized spacial score (nSPS) is 19.6. The number of nitrogens with zero attached hydrogens (tertiary/aromatic N) is 1. The van der Waals surface area contributed by atoms with Crippen LogP contribution in [0, 0.1) is 11.7 Å². The average Bonchev–Trinajstić information content (AvgIpc) is 2.39. The van der Waals surface area contributed by atoms with E-state index < -0.39 is 0 Å². The van der Waals surface area contributed by atoms with Crippen LogP contribution in [0.15, 0.2) is 24.3 Å². The average molecular weight is 282 g/mol. The monoisotopic (exact) mass is 282 g/mol. The summed E-state index contributed by atoms with van der Waals surface area (Å²) in [5.74, 6) is 1.17. The van der Waals surface area contributed by atoms with Gasteiger partial charge in [0, 0.05) is 29.8 Å². The number of hydrogen-bond donors (Lipinski definition) is 1. The molecule has 104 valence electrons. The molecule has 1 saturated heterocycles. The zero-order valence-corrected chi connectivity index (χ0v) is 12.0. The molecular formula is C14H19FN2OS. The standard InChI is InChI=1S/C14H19FN2OS/c1-10(2)13-9-17(6-7-19-13)14(18)16-12-5-3-4-11(15)8-12/h3-5,8,10,13H,6-7,9H2,1-2H3,(H,16,18). The van der Waals surface area contributed by atoms with E-state index in [2.05, 4.69) is 19.2 Å². The molecule has 1 atom stereocenters. The van der Waals surface area contributed by atoms with Gasteiger partial charge in [-0.05, 0) is 24.1 Å². The molecule has 1 aliphatic heterocycles. The number of benzene rings is 1. The highest BCUT2D eigenvalue weighted by Crippen LogP contribution is 2.25. The van der Waals surface area contributed by atoms with Crippen molar-refractivity contribution < 1.29 is 9.18 Å². The predicted molar refractivity (Wildman–Crippen MR) is 78.1 cm³/mol. The van der Waals surface area contributed by atoms with E-state index in [9.17, 15) is 9.18 Å². The van der Waals surface area contributed by atoms with Crippen LogP contribution in [0.3, 0.4) is 0 Å². The highest BCUT2D eigenvalue weighted by atomic mass is 32.2. The van der Waals surface area contributed by atoms with Crippen LogP contribution in [-0.4, -0.2) is 35.0 Å². The summed E-state index contributed by atoms with van der Waals surface area (Å²) in [5, 5.41) is 3.23. The first-order valence-corrected chi connectivity index (χ1v) is 7.54. The molecule has 0 bridgehead atoms. The molecule has 1 aliphatic rings. The van der Waals surface area contributed by atoms with Gasteiger partial charge in [0.25, 0.3) is 0 Å². The largest absolute Gasteiger partial charge is 0.323 e. The molecule has 19 heavy (non-hydrogen) atoms. The molecule has 0 aliphatic carbocycles. The lowest BCUT2D eigenvalue weighted by Crippen LogP contribution is -2.45. The zero-order chi connectivity index (χ0) is 13.8. The van der Waals surface area contributed by atoms with Gasteiger partial charge in [-0.1, -0.05) is 19.9 Å². The summed E-state index contributed by atoms with van der Waals surface area (Å²) in [6.07, 6.45) is 0. The fraction of sp³-hybridized carbons (Fsp3) is 0.500. The Balaban J connectivity index is 1.96. The molecular weight excluding hydrogens is 263 g/mol. The van der Waals surface area contributed by atoms with Gasteiger partial charge in [0.05, 0.1) is 0 Å². The van der Waals surface area contributed by atoms with Crippen molar-refractivity contribution in [3.63, 3.8) is 0 Å². The molecule has 0 radical (unpaired) electrons. The number of rotatable bonds is 2. The SMILES string of the molecule is CC(C)C1CN(C(=O)Nc2cccc(F)c2)CCS1. The van der Waals surface area contributed by atoms with Crippen LogP contribution >= 0.6 is 11.8 Å². The molecule has 2 rings (SSSR count). The van der Waals surface area contributed by atoms with E-state index in [0.29, 0.717) is 16.9 Å². The fourth-order valence-electron chi connectivity index (χ4n) is 2.03. The van der Waals surface area contributed by atoms with Gasteiger partial charge in [0.15, 0.2) is 0 Å². The van der Waals surface area contributed by atoms with Gasteiger partial charge in [-0.25, -0.2) is 9.18 Å². The van der Waals surface area contributed by atoms with Crippen LogP contribution in [0.5, 0.6) is 0 Å². The number of nitrogens with one attached hydrogen (secondary N) is 1. The number of hydrogen-bond acceptors (Lipinski definition) is 2. The van der Waals surface area contributed by atoms with Crippen molar-refractivity contribution in [2.75, 3.05) is 24.2 Å². The maximum absolute atomic E-state index is 13.1. The first kappa shape index (κ1) is 14.2. The predicted octanol–water partition coefficient (Wildman–Crippen LogP) is 3.43. The summed E-state index contributed by atoms with van der Waals surface area (Å²) in [5.41, 5.74) is 0.504. The molecule has 1 heterocycles. The first-order valence-electron chi connectivity index (χ1n) is 6.49. The van der Waals surface area contributed by atoms with E-state index in [1.165, 1.54) is 12.1 Å². The Hall–Kier alpha value is -1.23. The Morgan fingerprint density at radius 2 is 2.32 bits per heavy atom. The molecule has 1 fully saturated rings. The lowest BCUT2D eigenvalue weighted by Gasteiger charge is -2.34. The van der Waals surface area contributed by atoms with E-state index in [4.69, 9.17) is 0 Å². The van der Waals surface area contributed by atoms with Gasteiger partial charge in [-0.3, -0.25) is 0 Å². The lowest BCUT2D eigenvalue weighted by molar-refractivity contribution is 0.211. The maximum atomic E-state index is 13.1. The number of halogens is 1. The smallest absolute Gasteiger partial charge is 0.321 e. The second-order valence-electron chi connectivity index (χ2n) is 5.04. The minimum absolute atomic E-state index is 0.142. The molecule has 1 unspecified atom stereocenters. The Morgan fingerprint density at radius 1 is 1.53 bits per heavy atom. The van der Waals surface area contributed by atoms with Crippen LogP contribution in [0.25, 0.3) is 0 Å². The highest BCUT2D eigenvalue weighted by Gasteiger charge is 2.25.